The number of hydrogen-bond donors (Lipinski definition) is 1. The number of rotatable bonds is 1. The SMILES string of the molecule is Cn1nc2cc(C#N)ccc2c1C(=O)O. The van der Waals surface area contributed by atoms with Gasteiger partial charge in [0.2, 0.25) is 0 Å². The molecule has 0 radical (unpaired) electrons. The van der Waals surface area contributed by atoms with Gasteiger partial charge in [0.05, 0.1) is 17.1 Å². The minimum Gasteiger partial charge on any atom is -0.477 e. The van der Waals surface area contributed by atoms with Gasteiger partial charge < -0.3 is 5.11 Å². The summed E-state index contributed by atoms with van der Waals surface area (Å²) in [6.45, 7) is 0. The van der Waals surface area contributed by atoms with E-state index in [1.807, 2.05) is 6.07 Å². The Labute approximate surface area is 85.2 Å². The Balaban J connectivity index is 2.81. The fraction of sp³-hybridized carbons (Fsp3) is 0.100. The van der Waals surface area contributed by atoms with Gasteiger partial charge in [0, 0.05) is 12.4 Å². The molecule has 0 aliphatic heterocycles. The molecule has 5 nitrogen and oxygen atoms in total. The highest BCUT2D eigenvalue weighted by Crippen LogP contribution is 2.18. The first kappa shape index (κ1) is 9.21. The molecule has 2 rings (SSSR count). The smallest absolute Gasteiger partial charge is 0.354 e. The van der Waals surface area contributed by atoms with Crippen LogP contribution in [-0.2, 0) is 7.05 Å². The minimum absolute atomic E-state index is 0.134. The summed E-state index contributed by atoms with van der Waals surface area (Å²) in [6, 6.07) is 6.73. The lowest BCUT2D eigenvalue weighted by molar-refractivity contribution is 0.0687. The predicted molar refractivity (Wildman–Crippen MR) is 52.4 cm³/mol. The maximum Gasteiger partial charge on any atom is 0.354 e. The third-order valence-electron chi connectivity index (χ3n) is 2.17. The molecule has 0 bridgehead atoms. The van der Waals surface area contributed by atoms with Gasteiger partial charge in [-0.15, -0.1) is 0 Å². The van der Waals surface area contributed by atoms with Gasteiger partial charge in [-0.05, 0) is 18.2 Å². The number of aromatic carboxylic acids is 1. The average Bonchev–Trinajstić information content (AvgIpc) is 2.52. The Hall–Kier alpha value is -2.35. The van der Waals surface area contributed by atoms with Crippen molar-refractivity contribution in [2.75, 3.05) is 0 Å². The van der Waals surface area contributed by atoms with Crippen LogP contribution in [-0.4, -0.2) is 20.9 Å². The van der Waals surface area contributed by atoms with E-state index in [9.17, 15) is 4.79 Å². The molecule has 1 heterocycles. The molecule has 0 atom stereocenters. The Bertz CT molecular complexity index is 592. The van der Waals surface area contributed by atoms with E-state index in [0.717, 1.165) is 0 Å². The molecule has 0 spiro atoms. The fourth-order valence-electron chi connectivity index (χ4n) is 1.52. The lowest BCUT2D eigenvalue weighted by Gasteiger charge is -1.93. The van der Waals surface area contributed by atoms with Gasteiger partial charge in [-0.25, -0.2) is 4.79 Å². The Morgan fingerprint density at radius 1 is 1.60 bits per heavy atom. The van der Waals surface area contributed by atoms with Gasteiger partial charge in [0.1, 0.15) is 0 Å². The molecule has 1 aromatic heterocycles. The van der Waals surface area contributed by atoms with Crippen molar-refractivity contribution in [2.24, 2.45) is 7.05 Å². The monoisotopic (exact) mass is 201 g/mol. The number of carboxylic acid groups (broad SMARTS) is 1. The maximum absolute atomic E-state index is 10.9. The summed E-state index contributed by atoms with van der Waals surface area (Å²) in [5, 5.41) is 22.2. The summed E-state index contributed by atoms with van der Waals surface area (Å²) in [6.07, 6.45) is 0. The molecule has 1 aromatic carbocycles. The molecule has 0 saturated carbocycles. The van der Waals surface area contributed by atoms with Crippen LogP contribution in [0, 0.1) is 11.3 Å². The first-order valence-electron chi connectivity index (χ1n) is 4.23. The average molecular weight is 201 g/mol. The molecule has 0 amide bonds. The van der Waals surface area contributed by atoms with Gasteiger partial charge >= 0.3 is 5.97 Å². The lowest BCUT2D eigenvalue weighted by atomic mass is 10.1. The van der Waals surface area contributed by atoms with Crippen LogP contribution in [0.5, 0.6) is 0 Å². The zero-order chi connectivity index (χ0) is 11.0. The predicted octanol–water partition coefficient (Wildman–Crippen LogP) is 1.14. The summed E-state index contributed by atoms with van der Waals surface area (Å²) in [5.41, 5.74) is 1.13. The number of carboxylic acids is 1. The quantitative estimate of drug-likeness (QED) is 0.750. The van der Waals surface area contributed by atoms with Crippen LogP contribution in [0.15, 0.2) is 18.2 Å². The zero-order valence-electron chi connectivity index (χ0n) is 7.93. The third kappa shape index (κ3) is 1.32. The first-order valence-corrected chi connectivity index (χ1v) is 4.23. The van der Waals surface area contributed by atoms with E-state index in [2.05, 4.69) is 5.10 Å². The molecule has 15 heavy (non-hydrogen) atoms. The molecule has 0 aliphatic carbocycles. The highest BCUT2D eigenvalue weighted by molar-refractivity contribution is 6.01. The molecule has 1 N–H and O–H groups in total. The van der Waals surface area contributed by atoms with E-state index in [-0.39, 0.29) is 5.69 Å². The van der Waals surface area contributed by atoms with Gasteiger partial charge in [-0.1, -0.05) is 0 Å². The van der Waals surface area contributed by atoms with E-state index >= 15 is 0 Å². The van der Waals surface area contributed by atoms with Gasteiger partial charge in [-0.3, -0.25) is 4.68 Å². The van der Waals surface area contributed by atoms with Crippen LogP contribution < -0.4 is 0 Å². The zero-order valence-corrected chi connectivity index (χ0v) is 7.93. The Kier molecular flexibility index (Phi) is 1.90. The van der Waals surface area contributed by atoms with E-state index in [0.29, 0.717) is 16.5 Å². The second kappa shape index (κ2) is 3.10. The molecule has 5 heteroatoms. The van der Waals surface area contributed by atoms with E-state index < -0.39 is 5.97 Å². The largest absolute Gasteiger partial charge is 0.477 e. The van der Waals surface area contributed by atoms with Crippen LogP contribution in [0.3, 0.4) is 0 Å². The standard InChI is InChI=1S/C10H7N3O2/c1-13-9(10(14)15)7-3-2-6(5-11)4-8(7)12-13/h2-4H,1H3,(H,14,15). The van der Waals surface area contributed by atoms with Gasteiger partial charge in [0.25, 0.3) is 0 Å². The van der Waals surface area contributed by atoms with E-state index in [1.165, 1.54) is 4.68 Å². The second-order valence-electron chi connectivity index (χ2n) is 3.12. The van der Waals surface area contributed by atoms with Crippen LogP contribution in [0.4, 0.5) is 0 Å². The number of benzene rings is 1. The van der Waals surface area contributed by atoms with Crippen molar-refractivity contribution >= 4 is 16.9 Å². The van der Waals surface area contributed by atoms with Crippen molar-refractivity contribution in [1.29, 1.82) is 5.26 Å². The maximum atomic E-state index is 10.9. The molecule has 0 unspecified atom stereocenters. The third-order valence-corrected chi connectivity index (χ3v) is 2.17. The van der Waals surface area contributed by atoms with Crippen molar-refractivity contribution in [3.63, 3.8) is 0 Å². The summed E-state index contributed by atoms with van der Waals surface area (Å²) in [4.78, 5) is 10.9. The summed E-state index contributed by atoms with van der Waals surface area (Å²) in [5.74, 6) is -1.02. The number of aromatic nitrogens is 2. The van der Waals surface area contributed by atoms with E-state index in [4.69, 9.17) is 10.4 Å². The molecule has 2 aromatic rings. The number of carbonyl (C=O) groups is 1. The number of fused-ring (bicyclic) bond motifs is 1. The molecule has 0 fully saturated rings. The van der Waals surface area contributed by atoms with Gasteiger partial charge in [0.15, 0.2) is 5.69 Å². The van der Waals surface area contributed by atoms with Gasteiger partial charge in [-0.2, -0.15) is 10.4 Å². The van der Waals surface area contributed by atoms with Crippen molar-refractivity contribution in [3.8, 4) is 6.07 Å². The molecular formula is C10H7N3O2. The van der Waals surface area contributed by atoms with Crippen molar-refractivity contribution in [1.82, 2.24) is 9.78 Å². The fourth-order valence-corrected chi connectivity index (χ4v) is 1.52. The lowest BCUT2D eigenvalue weighted by Crippen LogP contribution is -2.05. The highest BCUT2D eigenvalue weighted by Gasteiger charge is 2.15. The van der Waals surface area contributed by atoms with E-state index in [1.54, 1.807) is 25.2 Å². The van der Waals surface area contributed by atoms with Crippen molar-refractivity contribution < 1.29 is 9.90 Å². The van der Waals surface area contributed by atoms with Crippen LogP contribution in [0.1, 0.15) is 16.1 Å². The molecule has 0 saturated heterocycles. The molecule has 0 aliphatic rings. The van der Waals surface area contributed by atoms with Crippen molar-refractivity contribution in [3.05, 3.63) is 29.5 Å². The van der Waals surface area contributed by atoms with Crippen LogP contribution in [0.2, 0.25) is 0 Å². The Morgan fingerprint density at radius 2 is 2.33 bits per heavy atom. The minimum atomic E-state index is -1.02. The topological polar surface area (TPSA) is 78.9 Å². The summed E-state index contributed by atoms with van der Waals surface area (Å²) in [7, 11) is 1.56. The second-order valence-corrected chi connectivity index (χ2v) is 3.12. The summed E-state index contributed by atoms with van der Waals surface area (Å²) < 4.78 is 1.30. The number of hydrogen-bond acceptors (Lipinski definition) is 3. The van der Waals surface area contributed by atoms with Crippen LogP contribution >= 0.6 is 0 Å². The Morgan fingerprint density at radius 3 is 2.93 bits per heavy atom. The summed E-state index contributed by atoms with van der Waals surface area (Å²) >= 11 is 0. The van der Waals surface area contributed by atoms with Crippen LogP contribution in [0.25, 0.3) is 10.9 Å². The molecule has 74 valence electrons. The highest BCUT2D eigenvalue weighted by atomic mass is 16.4. The normalized spacial score (nSPS) is 10.1. The van der Waals surface area contributed by atoms with Crippen molar-refractivity contribution in [2.45, 2.75) is 0 Å². The number of nitriles is 1. The molecular weight excluding hydrogens is 194 g/mol. The number of aryl methyl sites for hydroxylation is 1. The number of nitrogens with zero attached hydrogens (tertiary/aromatic N) is 3. The first-order chi connectivity index (χ1) is 7.13.